The highest BCUT2D eigenvalue weighted by Crippen LogP contribution is 2.34. The third-order valence-electron chi connectivity index (χ3n) is 5.82. The third kappa shape index (κ3) is 3.18. The summed E-state index contributed by atoms with van der Waals surface area (Å²) in [5, 5.41) is 11.7. The minimum absolute atomic E-state index is 0.0974. The Balaban J connectivity index is 1.29. The Morgan fingerprint density at radius 2 is 1.79 bits per heavy atom. The van der Waals surface area contributed by atoms with E-state index >= 15 is 0 Å². The molecule has 0 unspecified atom stereocenters. The highest BCUT2D eigenvalue weighted by Gasteiger charge is 2.27. The number of nitrogens with zero attached hydrogens (tertiary/aromatic N) is 3. The van der Waals surface area contributed by atoms with Crippen LogP contribution < -0.4 is 10.9 Å². The summed E-state index contributed by atoms with van der Waals surface area (Å²) in [5.41, 5.74) is 2.11. The van der Waals surface area contributed by atoms with Crippen molar-refractivity contribution in [1.82, 2.24) is 24.9 Å². The lowest BCUT2D eigenvalue weighted by molar-refractivity contribution is 0.0919. The first kappa shape index (κ1) is 17.6. The second-order valence-corrected chi connectivity index (χ2v) is 7.58. The van der Waals surface area contributed by atoms with Gasteiger partial charge < -0.3 is 5.32 Å². The summed E-state index contributed by atoms with van der Waals surface area (Å²) in [5.74, 6) is 0.181. The number of benzene rings is 1. The van der Waals surface area contributed by atoms with E-state index in [1.165, 1.54) is 0 Å². The SMILES string of the molecule is O=C(N[C@H]1CC[C@H](c2n[nH]c(=O)c3ccccc32)CC1)c1cnc2ccccn12. The molecular formula is C22H21N5O2. The first-order valence-corrected chi connectivity index (χ1v) is 9.91. The Morgan fingerprint density at radius 3 is 2.62 bits per heavy atom. The average molecular weight is 387 g/mol. The van der Waals surface area contributed by atoms with E-state index in [1.54, 1.807) is 10.6 Å². The topological polar surface area (TPSA) is 92.1 Å². The van der Waals surface area contributed by atoms with Gasteiger partial charge in [-0.25, -0.2) is 10.1 Å². The number of amides is 1. The number of imidazole rings is 1. The molecule has 1 fully saturated rings. The molecule has 1 saturated carbocycles. The van der Waals surface area contributed by atoms with Crippen LogP contribution in [0.5, 0.6) is 0 Å². The predicted molar refractivity (Wildman–Crippen MR) is 110 cm³/mol. The molecule has 0 radical (unpaired) electrons. The van der Waals surface area contributed by atoms with Crippen LogP contribution in [0.1, 0.15) is 47.8 Å². The molecule has 3 aromatic heterocycles. The van der Waals surface area contributed by atoms with E-state index < -0.39 is 0 Å². The number of aromatic nitrogens is 4. The van der Waals surface area contributed by atoms with Crippen LogP contribution in [0.15, 0.2) is 59.7 Å². The van der Waals surface area contributed by atoms with E-state index in [4.69, 9.17) is 0 Å². The average Bonchev–Trinajstić information content (AvgIpc) is 3.19. The minimum Gasteiger partial charge on any atom is -0.348 e. The third-order valence-corrected chi connectivity index (χ3v) is 5.82. The monoisotopic (exact) mass is 387 g/mol. The van der Waals surface area contributed by atoms with Gasteiger partial charge in [-0.05, 0) is 43.9 Å². The molecule has 0 bridgehead atoms. The molecule has 146 valence electrons. The molecule has 1 aromatic carbocycles. The first-order chi connectivity index (χ1) is 14.2. The summed E-state index contributed by atoms with van der Waals surface area (Å²) < 4.78 is 1.80. The van der Waals surface area contributed by atoms with Gasteiger partial charge in [0, 0.05) is 23.5 Å². The van der Waals surface area contributed by atoms with Gasteiger partial charge in [-0.3, -0.25) is 14.0 Å². The second kappa shape index (κ2) is 7.16. The molecule has 29 heavy (non-hydrogen) atoms. The van der Waals surface area contributed by atoms with E-state index in [0.717, 1.165) is 42.4 Å². The number of rotatable bonds is 3. The Morgan fingerprint density at radius 1 is 1.03 bits per heavy atom. The van der Waals surface area contributed by atoms with Crippen molar-refractivity contribution >= 4 is 22.3 Å². The minimum atomic E-state index is -0.154. The van der Waals surface area contributed by atoms with Gasteiger partial charge in [0.2, 0.25) is 0 Å². The smallest absolute Gasteiger partial charge is 0.272 e. The van der Waals surface area contributed by atoms with E-state index in [2.05, 4.69) is 20.5 Å². The highest BCUT2D eigenvalue weighted by molar-refractivity contribution is 5.93. The zero-order valence-electron chi connectivity index (χ0n) is 15.8. The van der Waals surface area contributed by atoms with Crippen LogP contribution in [-0.4, -0.2) is 31.5 Å². The largest absolute Gasteiger partial charge is 0.348 e. The second-order valence-electron chi connectivity index (χ2n) is 7.58. The number of nitrogens with one attached hydrogen (secondary N) is 2. The molecule has 0 atom stereocenters. The predicted octanol–water partition coefficient (Wildman–Crippen LogP) is 3.03. The molecule has 0 saturated heterocycles. The lowest BCUT2D eigenvalue weighted by Gasteiger charge is -2.29. The Hall–Kier alpha value is -3.48. The first-order valence-electron chi connectivity index (χ1n) is 9.91. The molecule has 2 N–H and O–H groups in total. The number of hydrogen-bond acceptors (Lipinski definition) is 4. The fourth-order valence-corrected chi connectivity index (χ4v) is 4.32. The molecule has 1 amide bonds. The van der Waals surface area contributed by atoms with Crippen LogP contribution in [0.2, 0.25) is 0 Å². The van der Waals surface area contributed by atoms with Gasteiger partial charge >= 0.3 is 0 Å². The van der Waals surface area contributed by atoms with Crippen LogP contribution in [0.4, 0.5) is 0 Å². The Bertz CT molecular complexity index is 1250. The number of pyridine rings is 1. The maximum Gasteiger partial charge on any atom is 0.272 e. The normalized spacial score (nSPS) is 19.4. The zero-order valence-corrected chi connectivity index (χ0v) is 15.8. The van der Waals surface area contributed by atoms with Gasteiger partial charge in [0.25, 0.3) is 11.5 Å². The van der Waals surface area contributed by atoms with Crippen molar-refractivity contribution in [1.29, 1.82) is 0 Å². The van der Waals surface area contributed by atoms with Crippen LogP contribution in [0, 0.1) is 0 Å². The number of aromatic amines is 1. The van der Waals surface area contributed by atoms with Crippen molar-refractivity contribution in [2.75, 3.05) is 0 Å². The summed E-state index contributed by atoms with van der Waals surface area (Å²) in [7, 11) is 0. The van der Waals surface area contributed by atoms with Crippen LogP contribution in [-0.2, 0) is 0 Å². The van der Waals surface area contributed by atoms with E-state index in [0.29, 0.717) is 11.1 Å². The van der Waals surface area contributed by atoms with Gasteiger partial charge in [-0.15, -0.1) is 0 Å². The Labute approximate surface area is 166 Å². The number of H-pyrrole nitrogens is 1. The highest BCUT2D eigenvalue weighted by atomic mass is 16.2. The quantitative estimate of drug-likeness (QED) is 0.565. The molecule has 1 aliphatic carbocycles. The molecule has 7 nitrogen and oxygen atoms in total. The van der Waals surface area contributed by atoms with E-state index in [1.807, 2.05) is 48.7 Å². The molecular weight excluding hydrogens is 366 g/mol. The number of carbonyl (C=O) groups is 1. The molecule has 0 spiro atoms. The summed E-state index contributed by atoms with van der Waals surface area (Å²) in [6, 6.07) is 13.4. The fraction of sp³-hybridized carbons (Fsp3) is 0.273. The van der Waals surface area contributed by atoms with Crippen molar-refractivity contribution < 1.29 is 4.79 Å². The Kier molecular flexibility index (Phi) is 4.35. The van der Waals surface area contributed by atoms with Gasteiger partial charge in [-0.2, -0.15) is 5.10 Å². The van der Waals surface area contributed by atoms with Crippen LogP contribution in [0.3, 0.4) is 0 Å². The molecule has 0 aliphatic heterocycles. The fourth-order valence-electron chi connectivity index (χ4n) is 4.32. The molecule has 1 aliphatic rings. The number of hydrogen-bond donors (Lipinski definition) is 2. The van der Waals surface area contributed by atoms with Crippen molar-refractivity contribution in [2.45, 2.75) is 37.6 Å². The number of fused-ring (bicyclic) bond motifs is 2. The van der Waals surface area contributed by atoms with Crippen molar-refractivity contribution in [2.24, 2.45) is 0 Å². The zero-order chi connectivity index (χ0) is 19.8. The summed E-state index contributed by atoms with van der Waals surface area (Å²) in [4.78, 5) is 29.0. The molecule has 7 heteroatoms. The van der Waals surface area contributed by atoms with Gasteiger partial charge in [-0.1, -0.05) is 24.3 Å². The number of carbonyl (C=O) groups excluding carboxylic acids is 1. The molecule has 5 rings (SSSR count). The lowest BCUT2D eigenvalue weighted by atomic mass is 9.82. The van der Waals surface area contributed by atoms with Gasteiger partial charge in [0.1, 0.15) is 11.3 Å². The summed E-state index contributed by atoms with van der Waals surface area (Å²) in [6.45, 7) is 0. The van der Waals surface area contributed by atoms with Crippen LogP contribution >= 0.6 is 0 Å². The van der Waals surface area contributed by atoms with Gasteiger partial charge in [0.05, 0.1) is 17.3 Å². The van der Waals surface area contributed by atoms with E-state index in [9.17, 15) is 9.59 Å². The maximum absolute atomic E-state index is 12.7. The summed E-state index contributed by atoms with van der Waals surface area (Å²) >= 11 is 0. The maximum atomic E-state index is 12.7. The summed E-state index contributed by atoms with van der Waals surface area (Å²) in [6.07, 6.45) is 7.06. The standard InChI is InChI=1S/C22H21N5O2/c28-21-17-6-2-1-5-16(17)20(25-26-21)14-8-10-15(11-9-14)24-22(29)18-13-23-19-7-3-4-12-27(18)19/h1-7,12-15H,8-11H2,(H,24,29)(H,26,28)/t14-,15-. The molecule has 4 aromatic rings. The molecule has 3 heterocycles. The van der Waals surface area contributed by atoms with Crippen molar-refractivity contribution in [3.05, 3.63) is 76.6 Å². The van der Waals surface area contributed by atoms with Crippen molar-refractivity contribution in [3.8, 4) is 0 Å². The van der Waals surface area contributed by atoms with Crippen LogP contribution in [0.25, 0.3) is 16.4 Å². The van der Waals surface area contributed by atoms with E-state index in [-0.39, 0.29) is 23.4 Å². The van der Waals surface area contributed by atoms with Crippen molar-refractivity contribution in [3.63, 3.8) is 0 Å². The lowest BCUT2D eigenvalue weighted by Crippen LogP contribution is -2.38. The van der Waals surface area contributed by atoms with Gasteiger partial charge in [0.15, 0.2) is 0 Å².